The maximum absolute atomic E-state index is 10.2. The van der Waals surface area contributed by atoms with Crippen molar-refractivity contribution in [1.29, 1.82) is 0 Å². The van der Waals surface area contributed by atoms with Crippen LogP contribution in [0, 0.1) is 26.7 Å². The average molecular weight is 292 g/mol. The average Bonchev–Trinajstić information content (AvgIpc) is 2.40. The van der Waals surface area contributed by atoms with Crippen molar-refractivity contribution in [3.8, 4) is 5.75 Å². The molecule has 0 radical (unpaired) electrons. The molecule has 1 aliphatic heterocycles. The molecule has 2 N–H and O–H groups in total. The van der Waals surface area contributed by atoms with E-state index in [1.807, 2.05) is 0 Å². The van der Waals surface area contributed by atoms with Crippen molar-refractivity contribution in [1.82, 2.24) is 0 Å². The van der Waals surface area contributed by atoms with Crippen molar-refractivity contribution < 1.29 is 14.7 Å². The van der Waals surface area contributed by atoms with Gasteiger partial charge < -0.3 is 14.7 Å². The predicted octanol–water partition coefficient (Wildman–Crippen LogP) is 1.67. The highest BCUT2D eigenvalue weighted by Crippen LogP contribution is 2.24. The summed E-state index contributed by atoms with van der Waals surface area (Å²) in [6.45, 7) is 12.1. The lowest BCUT2D eigenvalue weighted by Crippen LogP contribution is -3.14. The van der Waals surface area contributed by atoms with Crippen molar-refractivity contribution in [2.45, 2.75) is 46.6 Å². The fraction of sp³-hybridized carbons (Fsp3) is 0.667. The zero-order valence-corrected chi connectivity index (χ0v) is 13.9. The Bertz CT molecular complexity index is 441. The largest absolute Gasteiger partial charge is 0.490 e. The molecule has 118 valence electrons. The molecule has 1 aromatic rings. The topological polar surface area (TPSA) is 33.9 Å². The van der Waals surface area contributed by atoms with Crippen molar-refractivity contribution in [2.24, 2.45) is 5.92 Å². The molecule has 3 heteroatoms. The van der Waals surface area contributed by atoms with Gasteiger partial charge in [0.1, 0.15) is 25.0 Å². The Labute approximate surface area is 128 Å². The fourth-order valence-electron chi connectivity index (χ4n) is 3.34. The Balaban J connectivity index is 1.83. The molecule has 1 aromatic carbocycles. The molecule has 1 atom stereocenters. The minimum atomic E-state index is -0.381. The highest BCUT2D eigenvalue weighted by molar-refractivity contribution is 5.42. The minimum Gasteiger partial charge on any atom is -0.490 e. The Kier molecular flexibility index (Phi) is 5.65. The Morgan fingerprint density at radius 3 is 2.33 bits per heavy atom. The van der Waals surface area contributed by atoms with Gasteiger partial charge >= 0.3 is 0 Å². The number of benzene rings is 1. The summed E-state index contributed by atoms with van der Waals surface area (Å²) in [5.74, 6) is 1.78. The lowest BCUT2D eigenvalue weighted by Gasteiger charge is -2.29. The van der Waals surface area contributed by atoms with Gasteiger partial charge in [0.25, 0.3) is 0 Å². The number of ether oxygens (including phenoxy) is 1. The quantitative estimate of drug-likeness (QED) is 0.865. The van der Waals surface area contributed by atoms with E-state index in [0.717, 1.165) is 29.3 Å². The summed E-state index contributed by atoms with van der Waals surface area (Å²) in [6, 6.07) is 4.26. The Hall–Kier alpha value is -1.06. The van der Waals surface area contributed by atoms with Crippen LogP contribution in [0.3, 0.4) is 0 Å². The van der Waals surface area contributed by atoms with E-state index in [2.05, 4.69) is 39.8 Å². The number of aliphatic hydroxyl groups is 1. The van der Waals surface area contributed by atoms with E-state index in [0.29, 0.717) is 6.61 Å². The number of hydrogen-bond donors (Lipinski definition) is 2. The van der Waals surface area contributed by atoms with E-state index >= 15 is 0 Å². The zero-order chi connectivity index (χ0) is 15.4. The van der Waals surface area contributed by atoms with Gasteiger partial charge in [0.05, 0.1) is 13.1 Å². The van der Waals surface area contributed by atoms with Gasteiger partial charge in [-0.2, -0.15) is 0 Å². The Morgan fingerprint density at radius 2 is 1.76 bits per heavy atom. The first kappa shape index (κ1) is 16.3. The molecule has 0 aliphatic carbocycles. The van der Waals surface area contributed by atoms with Crippen LogP contribution in [0.4, 0.5) is 0 Å². The maximum Gasteiger partial charge on any atom is 0.137 e. The van der Waals surface area contributed by atoms with Crippen molar-refractivity contribution in [2.75, 3.05) is 26.2 Å². The number of hydrogen-bond acceptors (Lipinski definition) is 2. The highest BCUT2D eigenvalue weighted by Gasteiger charge is 2.22. The van der Waals surface area contributed by atoms with Crippen LogP contribution in [0.1, 0.15) is 36.5 Å². The van der Waals surface area contributed by atoms with Crippen molar-refractivity contribution in [3.63, 3.8) is 0 Å². The van der Waals surface area contributed by atoms with Crippen LogP contribution in [0.5, 0.6) is 5.75 Å². The second kappa shape index (κ2) is 7.28. The predicted molar refractivity (Wildman–Crippen MR) is 86.1 cm³/mol. The Morgan fingerprint density at radius 1 is 1.19 bits per heavy atom. The van der Waals surface area contributed by atoms with Crippen LogP contribution in [0.2, 0.25) is 0 Å². The number of piperidine rings is 1. The molecular formula is C18H30NO2+. The standard InChI is InChI=1S/C18H29NO2/c1-13-5-7-19(8-6-13)11-17(20)12-21-18-15(3)9-14(2)10-16(18)4/h9-10,13,17,20H,5-8,11-12H2,1-4H3/p+1/t17-/m1/s1. The molecule has 0 bridgehead atoms. The molecular weight excluding hydrogens is 262 g/mol. The van der Waals surface area contributed by atoms with E-state index in [-0.39, 0.29) is 6.10 Å². The number of nitrogens with one attached hydrogen (secondary N) is 1. The number of quaternary nitrogens is 1. The van der Waals surface area contributed by atoms with Crippen LogP contribution in [-0.4, -0.2) is 37.5 Å². The van der Waals surface area contributed by atoms with Crippen molar-refractivity contribution in [3.05, 3.63) is 28.8 Å². The molecule has 1 aliphatic rings. The van der Waals surface area contributed by atoms with Gasteiger partial charge in [0, 0.05) is 0 Å². The first-order valence-corrected chi connectivity index (χ1v) is 8.18. The van der Waals surface area contributed by atoms with Crippen LogP contribution in [0.15, 0.2) is 12.1 Å². The second-order valence-corrected chi connectivity index (χ2v) is 6.83. The molecule has 21 heavy (non-hydrogen) atoms. The summed E-state index contributed by atoms with van der Waals surface area (Å²) in [5.41, 5.74) is 3.56. The fourth-order valence-corrected chi connectivity index (χ4v) is 3.34. The van der Waals surface area contributed by atoms with Crippen LogP contribution >= 0.6 is 0 Å². The van der Waals surface area contributed by atoms with Crippen LogP contribution in [-0.2, 0) is 0 Å². The van der Waals surface area contributed by atoms with Crippen LogP contribution in [0.25, 0.3) is 0 Å². The maximum atomic E-state index is 10.2. The molecule has 0 saturated carbocycles. The van der Waals surface area contributed by atoms with E-state index < -0.39 is 0 Å². The summed E-state index contributed by atoms with van der Waals surface area (Å²) in [4.78, 5) is 1.52. The smallest absolute Gasteiger partial charge is 0.137 e. The minimum absolute atomic E-state index is 0.381. The highest BCUT2D eigenvalue weighted by atomic mass is 16.5. The second-order valence-electron chi connectivity index (χ2n) is 6.83. The van der Waals surface area contributed by atoms with Gasteiger partial charge in [-0.1, -0.05) is 24.6 Å². The van der Waals surface area contributed by atoms with E-state index in [4.69, 9.17) is 4.74 Å². The summed E-state index contributed by atoms with van der Waals surface area (Å²) in [6.07, 6.45) is 2.17. The number of aryl methyl sites for hydroxylation is 3. The molecule has 0 amide bonds. The third-order valence-electron chi connectivity index (χ3n) is 4.53. The summed E-state index contributed by atoms with van der Waals surface area (Å²) >= 11 is 0. The normalized spacial score (nSPS) is 23.9. The van der Waals surface area contributed by atoms with E-state index in [1.54, 1.807) is 0 Å². The molecule has 0 spiro atoms. The SMILES string of the molecule is Cc1cc(C)c(OC[C@H](O)C[NH+]2CCC(C)CC2)c(C)c1. The molecule has 1 fully saturated rings. The summed E-state index contributed by atoms with van der Waals surface area (Å²) in [7, 11) is 0. The molecule has 3 nitrogen and oxygen atoms in total. The van der Waals surface area contributed by atoms with Gasteiger partial charge in [-0.05, 0) is 50.7 Å². The molecule has 0 unspecified atom stereocenters. The van der Waals surface area contributed by atoms with Gasteiger partial charge in [-0.25, -0.2) is 0 Å². The number of likely N-dealkylation sites (tertiary alicyclic amines) is 1. The third kappa shape index (κ3) is 4.72. The molecule has 1 saturated heterocycles. The monoisotopic (exact) mass is 292 g/mol. The number of aliphatic hydroxyl groups excluding tert-OH is 1. The molecule has 1 heterocycles. The first-order chi connectivity index (χ1) is 9.95. The van der Waals surface area contributed by atoms with Gasteiger partial charge in [-0.3, -0.25) is 0 Å². The van der Waals surface area contributed by atoms with E-state index in [1.165, 1.54) is 36.4 Å². The lowest BCUT2D eigenvalue weighted by atomic mass is 9.99. The summed E-state index contributed by atoms with van der Waals surface area (Å²) < 4.78 is 5.88. The zero-order valence-electron chi connectivity index (χ0n) is 13.9. The van der Waals surface area contributed by atoms with Crippen LogP contribution < -0.4 is 9.64 Å². The summed E-state index contributed by atoms with van der Waals surface area (Å²) in [5, 5.41) is 10.2. The van der Waals surface area contributed by atoms with Gasteiger partial charge in [0.2, 0.25) is 0 Å². The molecule has 2 rings (SSSR count). The third-order valence-corrected chi connectivity index (χ3v) is 4.53. The van der Waals surface area contributed by atoms with E-state index in [9.17, 15) is 5.11 Å². The number of rotatable bonds is 5. The van der Waals surface area contributed by atoms with Gasteiger partial charge in [0.15, 0.2) is 0 Å². The van der Waals surface area contributed by atoms with Crippen molar-refractivity contribution >= 4 is 0 Å². The lowest BCUT2D eigenvalue weighted by molar-refractivity contribution is -0.909. The van der Waals surface area contributed by atoms with Gasteiger partial charge in [-0.15, -0.1) is 0 Å². The molecule has 0 aromatic heterocycles. The first-order valence-electron chi connectivity index (χ1n) is 8.18.